The lowest BCUT2D eigenvalue weighted by molar-refractivity contribution is 0.113. The van der Waals surface area contributed by atoms with Crippen LogP contribution in [0.4, 0.5) is 0 Å². The van der Waals surface area contributed by atoms with Crippen molar-refractivity contribution in [3.05, 3.63) is 70.8 Å². The van der Waals surface area contributed by atoms with Gasteiger partial charge in [0.1, 0.15) is 0 Å². The highest BCUT2D eigenvalue weighted by Crippen LogP contribution is 2.30. The lowest BCUT2D eigenvalue weighted by atomic mass is 9.95. The number of hydrogen-bond acceptors (Lipinski definition) is 2. The molecule has 0 unspecified atom stereocenters. The smallest absolute Gasteiger partial charge is 0.0602 e. The molecule has 3 rings (SSSR count). The van der Waals surface area contributed by atoms with Gasteiger partial charge in [-0.2, -0.15) is 0 Å². The van der Waals surface area contributed by atoms with Crippen molar-refractivity contribution in [1.29, 1.82) is 0 Å². The quantitative estimate of drug-likeness (QED) is 0.841. The fourth-order valence-corrected chi connectivity index (χ4v) is 3.45. The third-order valence-corrected chi connectivity index (χ3v) is 5.01. The van der Waals surface area contributed by atoms with Gasteiger partial charge in [-0.25, -0.2) is 0 Å². The van der Waals surface area contributed by atoms with Crippen LogP contribution in [0.25, 0.3) is 0 Å². The summed E-state index contributed by atoms with van der Waals surface area (Å²) in [6.07, 6.45) is 0. The maximum atomic E-state index is 2.64. The van der Waals surface area contributed by atoms with Gasteiger partial charge in [-0.3, -0.25) is 4.90 Å². The number of likely N-dealkylation sites (N-methyl/N-ethyl adjacent to an activating group) is 1. The predicted molar refractivity (Wildman–Crippen MR) is 97.9 cm³/mol. The van der Waals surface area contributed by atoms with Crippen molar-refractivity contribution >= 4 is 0 Å². The lowest BCUT2D eigenvalue weighted by Gasteiger charge is -2.39. The van der Waals surface area contributed by atoms with Crippen LogP contribution < -0.4 is 0 Å². The fourth-order valence-electron chi connectivity index (χ4n) is 3.45. The minimum Gasteiger partial charge on any atom is -0.301 e. The van der Waals surface area contributed by atoms with Crippen molar-refractivity contribution in [3.63, 3.8) is 0 Å². The molecule has 122 valence electrons. The van der Waals surface area contributed by atoms with E-state index < -0.39 is 0 Å². The molecular formula is C21H28N2. The molecule has 1 fully saturated rings. The third-order valence-electron chi connectivity index (χ3n) is 5.01. The molecule has 1 aliphatic heterocycles. The predicted octanol–water partition coefficient (Wildman–Crippen LogP) is 4.03. The second-order valence-electron chi connectivity index (χ2n) is 6.69. The third kappa shape index (κ3) is 3.82. The molecular weight excluding hydrogens is 280 g/mol. The molecule has 2 heteroatoms. The summed E-state index contributed by atoms with van der Waals surface area (Å²) in [7, 11) is 0. The molecule has 23 heavy (non-hydrogen) atoms. The number of benzene rings is 2. The Hall–Kier alpha value is -1.64. The Balaban J connectivity index is 1.90. The molecule has 0 aliphatic carbocycles. The number of hydrogen-bond donors (Lipinski definition) is 0. The highest BCUT2D eigenvalue weighted by molar-refractivity contribution is 5.35. The van der Waals surface area contributed by atoms with E-state index in [4.69, 9.17) is 0 Å². The second kappa shape index (κ2) is 7.29. The van der Waals surface area contributed by atoms with Crippen LogP contribution in [0, 0.1) is 13.8 Å². The van der Waals surface area contributed by atoms with Gasteiger partial charge in [-0.05, 0) is 31.5 Å². The van der Waals surface area contributed by atoms with E-state index in [2.05, 4.69) is 79.1 Å². The van der Waals surface area contributed by atoms with Crippen LogP contribution in [0.1, 0.15) is 35.2 Å². The Bertz CT molecular complexity index is 562. The van der Waals surface area contributed by atoms with Gasteiger partial charge in [0.15, 0.2) is 0 Å². The maximum Gasteiger partial charge on any atom is 0.0602 e. The molecule has 0 atom stereocenters. The van der Waals surface area contributed by atoms with Gasteiger partial charge >= 0.3 is 0 Å². The highest BCUT2D eigenvalue weighted by Gasteiger charge is 2.25. The van der Waals surface area contributed by atoms with Crippen LogP contribution in [-0.2, 0) is 0 Å². The van der Waals surface area contributed by atoms with E-state index in [0.29, 0.717) is 6.04 Å². The molecule has 0 radical (unpaired) electrons. The molecule has 0 saturated carbocycles. The van der Waals surface area contributed by atoms with Crippen LogP contribution in [0.3, 0.4) is 0 Å². The summed E-state index contributed by atoms with van der Waals surface area (Å²) >= 11 is 0. The van der Waals surface area contributed by atoms with E-state index in [1.807, 2.05) is 0 Å². The number of nitrogens with zero attached hydrogens (tertiary/aromatic N) is 2. The summed E-state index contributed by atoms with van der Waals surface area (Å²) in [5.74, 6) is 0. The van der Waals surface area contributed by atoms with E-state index in [-0.39, 0.29) is 0 Å². The van der Waals surface area contributed by atoms with Crippen molar-refractivity contribution in [2.24, 2.45) is 0 Å². The SMILES string of the molecule is CCN1CCN(C(c2ccc(C)cc2)c2ccc(C)cc2)CC1. The number of aryl methyl sites for hydroxylation is 2. The average Bonchev–Trinajstić information content (AvgIpc) is 2.59. The first-order valence-electron chi connectivity index (χ1n) is 8.77. The Labute approximate surface area is 140 Å². The van der Waals surface area contributed by atoms with Crippen molar-refractivity contribution < 1.29 is 0 Å². The van der Waals surface area contributed by atoms with Gasteiger partial charge in [0.05, 0.1) is 6.04 Å². The standard InChI is InChI=1S/C21H28N2/c1-4-22-13-15-23(16-14-22)21(19-9-5-17(2)6-10-19)20-11-7-18(3)8-12-20/h5-12,21H,4,13-16H2,1-3H3. The maximum absolute atomic E-state index is 2.64. The number of rotatable bonds is 4. The zero-order chi connectivity index (χ0) is 16.2. The summed E-state index contributed by atoms with van der Waals surface area (Å²) in [5.41, 5.74) is 5.47. The molecule has 0 aromatic heterocycles. The monoisotopic (exact) mass is 308 g/mol. The van der Waals surface area contributed by atoms with E-state index in [1.54, 1.807) is 0 Å². The first-order chi connectivity index (χ1) is 11.2. The first-order valence-corrected chi connectivity index (χ1v) is 8.77. The Morgan fingerprint density at radius 2 is 1.17 bits per heavy atom. The normalized spacial score (nSPS) is 16.9. The molecule has 0 amide bonds. The summed E-state index contributed by atoms with van der Waals surface area (Å²) in [6, 6.07) is 18.5. The van der Waals surface area contributed by atoms with Gasteiger partial charge in [0.2, 0.25) is 0 Å². The summed E-state index contributed by atoms with van der Waals surface area (Å²) in [5, 5.41) is 0. The van der Waals surface area contributed by atoms with Crippen LogP contribution in [0.5, 0.6) is 0 Å². The Kier molecular flexibility index (Phi) is 5.14. The molecule has 0 spiro atoms. The molecule has 0 N–H and O–H groups in total. The molecule has 0 bridgehead atoms. The lowest BCUT2D eigenvalue weighted by Crippen LogP contribution is -2.47. The van der Waals surface area contributed by atoms with E-state index in [9.17, 15) is 0 Å². The summed E-state index contributed by atoms with van der Waals surface area (Å²) in [4.78, 5) is 5.18. The zero-order valence-electron chi connectivity index (χ0n) is 14.6. The van der Waals surface area contributed by atoms with Crippen molar-refractivity contribution in [3.8, 4) is 0 Å². The minimum absolute atomic E-state index is 0.371. The molecule has 1 heterocycles. The van der Waals surface area contributed by atoms with E-state index in [0.717, 1.165) is 19.6 Å². The second-order valence-corrected chi connectivity index (χ2v) is 6.69. The Morgan fingerprint density at radius 1 is 0.739 bits per heavy atom. The molecule has 2 aromatic carbocycles. The largest absolute Gasteiger partial charge is 0.301 e. The van der Waals surface area contributed by atoms with Crippen LogP contribution >= 0.6 is 0 Å². The highest BCUT2D eigenvalue weighted by atomic mass is 15.3. The first kappa shape index (κ1) is 16.2. The minimum atomic E-state index is 0.371. The van der Waals surface area contributed by atoms with Gasteiger partial charge in [0.25, 0.3) is 0 Å². The van der Waals surface area contributed by atoms with E-state index >= 15 is 0 Å². The van der Waals surface area contributed by atoms with Gasteiger partial charge in [-0.1, -0.05) is 66.6 Å². The van der Waals surface area contributed by atoms with Gasteiger partial charge in [0, 0.05) is 26.2 Å². The summed E-state index contributed by atoms with van der Waals surface area (Å²) < 4.78 is 0. The Morgan fingerprint density at radius 3 is 1.57 bits per heavy atom. The van der Waals surface area contributed by atoms with Crippen LogP contribution in [0.2, 0.25) is 0 Å². The van der Waals surface area contributed by atoms with Gasteiger partial charge < -0.3 is 4.90 Å². The molecule has 1 saturated heterocycles. The zero-order valence-corrected chi connectivity index (χ0v) is 14.6. The molecule has 2 nitrogen and oxygen atoms in total. The average molecular weight is 308 g/mol. The van der Waals surface area contributed by atoms with Crippen molar-refractivity contribution in [1.82, 2.24) is 9.80 Å². The van der Waals surface area contributed by atoms with Crippen LogP contribution in [-0.4, -0.2) is 42.5 Å². The van der Waals surface area contributed by atoms with Crippen molar-refractivity contribution in [2.75, 3.05) is 32.7 Å². The van der Waals surface area contributed by atoms with E-state index in [1.165, 1.54) is 35.3 Å². The fraction of sp³-hybridized carbons (Fsp3) is 0.429. The number of piperazine rings is 1. The van der Waals surface area contributed by atoms with Gasteiger partial charge in [-0.15, -0.1) is 0 Å². The molecule has 1 aliphatic rings. The summed E-state index contributed by atoms with van der Waals surface area (Å²) in [6.45, 7) is 12.4. The van der Waals surface area contributed by atoms with Crippen molar-refractivity contribution in [2.45, 2.75) is 26.8 Å². The molecule has 2 aromatic rings. The van der Waals surface area contributed by atoms with Crippen LogP contribution in [0.15, 0.2) is 48.5 Å². The topological polar surface area (TPSA) is 6.48 Å².